The van der Waals surface area contributed by atoms with Crippen molar-refractivity contribution in [2.45, 2.75) is 19.0 Å². The fourth-order valence-electron chi connectivity index (χ4n) is 3.73. The van der Waals surface area contributed by atoms with Crippen LogP contribution in [0.15, 0.2) is 65.4 Å². The van der Waals surface area contributed by atoms with E-state index in [-0.39, 0.29) is 11.7 Å². The van der Waals surface area contributed by atoms with Gasteiger partial charge >= 0.3 is 11.8 Å². The molecule has 154 valence electrons. The third-order valence-corrected chi connectivity index (χ3v) is 5.98. The Morgan fingerprint density at radius 3 is 2.67 bits per heavy atom. The molecule has 2 aromatic carbocycles. The molecule has 1 aliphatic heterocycles. The molecule has 0 unspecified atom stereocenters. The Morgan fingerprint density at radius 2 is 1.90 bits per heavy atom. The third-order valence-electron chi connectivity index (χ3n) is 5.27. The van der Waals surface area contributed by atoms with E-state index in [0.717, 1.165) is 25.1 Å². The van der Waals surface area contributed by atoms with Gasteiger partial charge in [-0.1, -0.05) is 30.3 Å². The average molecular weight is 424 g/mol. The van der Waals surface area contributed by atoms with Gasteiger partial charge in [-0.25, -0.2) is 4.39 Å². The summed E-state index contributed by atoms with van der Waals surface area (Å²) in [6.07, 6.45) is 0.949. The van der Waals surface area contributed by atoms with Crippen LogP contribution >= 0.6 is 11.3 Å². The second kappa shape index (κ2) is 9.19. The highest BCUT2D eigenvalue weighted by Crippen LogP contribution is 2.28. The summed E-state index contributed by atoms with van der Waals surface area (Å²) < 4.78 is 13.3. The first-order valence-electron chi connectivity index (χ1n) is 9.78. The van der Waals surface area contributed by atoms with E-state index in [1.807, 2.05) is 11.4 Å². The van der Waals surface area contributed by atoms with E-state index in [9.17, 15) is 14.0 Å². The van der Waals surface area contributed by atoms with Gasteiger partial charge in [0.15, 0.2) is 0 Å². The molecule has 0 aliphatic carbocycles. The standard InChI is InChI=1S/C23H22FN3O2S/c24-19-6-3-7-20(12-19)26-23(29)22(28)25-13-21(18-9-11-30-15-18)27-10-8-16-4-1-2-5-17(16)14-27/h1-7,9,11-12,15,21H,8,10,13-14H2,(H,25,28)(H,26,29)/t21-/m0/s1. The van der Waals surface area contributed by atoms with E-state index in [4.69, 9.17) is 0 Å². The number of carbonyl (C=O) groups excluding carboxylic acids is 2. The third kappa shape index (κ3) is 4.75. The highest BCUT2D eigenvalue weighted by molar-refractivity contribution is 7.08. The zero-order chi connectivity index (χ0) is 20.9. The summed E-state index contributed by atoms with van der Waals surface area (Å²) in [7, 11) is 0. The smallest absolute Gasteiger partial charge is 0.313 e. The number of nitrogens with zero attached hydrogens (tertiary/aromatic N) is 1. The molecule has 2 N–H and O–H groups in total. The van der Waals surface area contributed by atoms with Crippen molar-refractivity contribution in [3.63, 3.8) is 0 Å². The Bertz CT molecular complexity index is 1040. The van der Waals surface area contributed by atoms with Crippen molar-refractivity contribution in [3.05, 3.63) is 87.9 Å². The lowest BCUT2D eigenvalue weighted by Gasteiger charge is -2.35. The maximum atomic E-state index is 13.3. The number of nitrogens with one attached hydrogen (secondary N) is 2. The van der Waals surface area contributed by atoms with Crippen LogP contribution in [0.5, 0.6) is 0 Å². The number of benzene rings is 2. The second-order valence-corrected chi connectivity index (χ2v) is 8.02. The van der Waals surface area contributed by atoms with E-state index in [1.165, 1.54) is 35.4 Å². The molecule has 0 spiro atoms. The molecule has 1 atom stereocenters. The molecule has 4 rings (SSSR count). The predicted molar refractivity (Wildman–Crippen MR) is 116 cm³/mol. The minimum absolute atomic E-state index is 0.0319. The molecular weight excluding hydrogens is 401 g/mol. The molecule has 0 saturated heterocycles. The SMILES string of the molecule is O=C(NC[C@@H](c1ccsc1)N1CCc2ccccc2C1)C(=O)Nc1cccc(F)c1. The van der Waals surface area contributed by atoms with E-state index < -0.39 is 17.6 Å². The van der Waals surface area contributed by atoms with Gasteiger partial charge in [-0.2, -0.15) is 11.3 Å². The quantitative estimate of drug-likeness (QED) is 0.615. The molecule has 0 bridgehead atoms. The van der Waals surface area contributed by atoms with Gasteiger partial charge < -0.3 is 10.6 Å². The van der Waals surface area contributed by atoms with Gasteiger partial charge in [-0.3, -0.25) is 14.5 Å². The average Bonchev–Trinajstić information content (AvgIpc) is 3.28. The molecule has 1 aromatic heterocycles. The monoisotopic (exact) mass is 423 g/mol. The zero-order valence-electron chi connectivity index (χ0n) is 16.3. The van der Waals surface area contributed by atoms with Crippen molar-refractivity contribution in [3.8, 4) is 0 Å². The number of anilines is 1. The molecule has 7 heteroatoms. The largest absolute Gasteiger partial charge is 0.346 e. The van der Waals surface area contributed by atoms with E-state index in [2.05, 4.69) is 45.2 Å². The zero-order valence-corrected chi connectivity index (χ0v) is 17.1. The predicted octanol–water partition coefficient (Wildman–Crippen LogP) is 3.74. The number of thiophene rings is 1. The molecule has 0 fully saturated rings. The lowest BCUT2D eigenvalue weighted by molar-refractivity contribution is -0.136. The lowest BCUT2D eigenvalue weighted by atomic mass is 9.97. The summed E-state index contributed by atoms with van der Waals surface area (Å²) in [5.74, 6) is -2.03. The summed E-state index contributed by atoms with van der Waals surface area (Å²) in [6, 6.07) is 15.9. The number of carbonyl (C=O) groups is 2. The highest BCUT2D eigenvalue weighted by Gasteiger charge is 2.26. The Balaban J connectivity index is 1.42. The molecular formula is C23H22FN3O2S. The number of fused-ring (bicyclic) bond motifs is 1. The van der Waals surface area contributed by atoms with Crippen LogP contribution in [0.1, 0.15) is 22.7 Å². The molecule has 2 heterocycles. The first-order valence-corrected chi connectivity index (χ1v) is 10.7. The fraction of sp³-hybridized carbons (Fsp3) is 0.217. The lowest BCUT2D eigenvalue weighted by Crippen LogP contribution is -2.43. The number of hydrogen-bond acceptors (Lipinski definition) is 4. The molecule has 0 radical (unpaired) electrons. The molecule has 30 heavy (non-hydrogen) atoms. The van der Waals surface area contributed by atoms with Crippen LogP contribution in [0, 0.1) is 5.82 Å². The summed E-state index contributed by atoms with van der Waals surface area (Å²) in [4.78, 5) is 26.9. The summed E-state index contributed by atoms with van der Waals surface area (Å²) >= 11 is 1.61. The minimum Gasteiger partial charge on any atom is -0.346 e. The minimum atomic E-state index is -0.811. The van der Waals surface area contributed by atoms with Crippen LogP contribution in [0.2, 0.25) is 0 Å². The number of rotatable bonds is 5. The highest BCUT2D eigenvalue weighted by atomic mass is 32.1. The van der Waals surface area contributed by atoms with Gasteiger partial charge in [0.05, 0.1) is 6.04 Å². The summed E-state index contributed by atoms with van der Waals surface area (Å²) in [5.41, 5.74) is 4.01. The van der Waals surface area contributed by atoms with Crippen molar-refractivity contribution in [2.75, 3.05) is 18.4 Å². The van der Waals surface area contributed by atoms with Gasteiger partial charge in [0.2, 0.25) is 0 Å². The Labute approximate surface area is 178 Å². The molecule has 3 aromatic rings. The van der Waals surface area contributed by atoms with Gasteiger partial charge in [0.1, 0.15) is 5.82 Å². The first-order chi connectivity index (χ1) is 14.6. The normalized spacial score (nSPS) is 14.6. The van der Waals surface area contributed by atoms with Crippen molar-refractivity contribution in [2.24, 2.45) is 0 Å². The first kappa shape index (κ1) is 20.3. The number of hydrogen-bond donors (Lipinski definition) is 2. The summed E-state index contributed by atoms with van der Waals surface area (Å²) in [6.45, 7) is 1.99. The van der Waals surface area contributed by atoms with Crippen LogP contribution in [0.3, 0.4) is 0 Å². The second-order valence-electron chi connectivity index (χ2n) is 7.24. The van der Waals surface area contributed by atoms with Gasteiger partial charge in [0, 0.05) is 25.3 Å². The number of halogens is 1. The van der Waals surface area contributed by atoms with E-state index in [0.29, 0.717) is 6.54 Å². The van der Waals surface area contributed by atoms with Crippen LogP contribution in [0.4, 0.5) is 10.1 Å². The van der Waals surface area contributed by atoms with Crippen LogP contribution < -0.4 is 10.6 Å². The van der Waals surface area contributed by atoms with Crippen molar-refractivity contribution >= 4 is 28.8 Å². The van der Waals surface area contributed by atoms with Crippen LogP contribution in [-0.4, -0.2) is 29.8 Å². The topological polar surface area (TPSA) is 61.4 Å². The molecule has 5 nitrogen and oxygen atoms in total. The van der Waals surface area contributed by atoms with Gasteiger partial charge in [0.25, 0.3) is 0 Å². The maximum absolute atomic E-state index is 13.3. The maximum Gasteiger partial charge on any atom is 0.313 e. The van der Waals surface area contributed by atoms with Crippen molar-refractivity contribution in [1.29, 1.82) is 0 Å². The Morgan fingerprint density at radius 1 is 1.07 bits per heavy atom. The summed E-state index contributed by atoms with van der Waals surface area (Å²) in [5, 5.41) is 9.26. The van der Waals surface area contributed by atoms with E-state index in [1.54, 1.807) is 11.3 Å². The molecule has 1 aliphatic rings. The van der Waals surface area contributed by atoms with Crippen LogP contribution in [-0.2, 0) is 22.6 Å². The Kier molecular flexibility index (Phi) is 6.21. The number of amides is 2. The Hall–Kier alpha value is -3.03. The van der Waals surface area contributed by atoms with Crippen molar-refractivity contribution in [1.82, 2.24) is 10.2 Å². The van der Waals surface area contributed by atoms with E-state index >= 15 is 0 Å². The van der Waals surface area contributed by atoms with Crippen LogP contribution in [0.25, 0.3) is 0 Å². The molecule has 0 saturated carbocycles. The van der Waals surface area contributed by atoms with Gasteiger partial charge in [-0.05, 0) is 58.1 Å². The van der Waals surface area contributed by atoms with Crippen molar-refractivity contribution < 1.29 is 14.0 Å². The fourth-order valence-corrected chi connectivity index (χ4v) is 4.44. The molecule has 2 amide bonds. The van der Waals surface area contributed by atoms with Gasteiger partial charge in [-0.15, -0.1) is 0 Å².